The molecular weight excluding hydrogens is 292 g/mol. The molecular formula is C18H22N2O3. The van der Waals surface area contributed by atoms with E-state index in [1.807, 2.05) is 30.3 Å². The Kier molecular flexibility index (Phi) is 6.00. The van der Waals surface area contributed by atoms with E-state index in [4.69, 9.17) is 15.2 Å². The summed E-state index contributed by atoms with van der Waals surface area (Å²) in [6.45, 7) is 2.65. The Labute approximate surface area is 136 Å². The van der Waals surface area contributed by atoms with Crippen LogP contribution in [0.3, 0.4) is 0 Å². The molecule has 3 N–H and O–H groups in total. The molecule has 0 saturated heterocycles. The Balaban J connectivity index is 1.99. The molecule has 0 saturated carbocycles. The van der Waals surface area contributed by atoms with E-state index in [2.05, 4.69) is 24.4 Å². The van der Waals surface area contributed by atoms with Crippen LogP contribution in [0, 0.1) is 0 Å². The molecule has 122 valence electrons. The predicted molar refractivity (Wildman–Crippen MR) is 89.4 cm³/mol. The lowest BCUT2D eigenvalue weighted by molar-refractivity contribution is -0.119. The Morgan fingerprint density at radius 1 is 1.17 bits per heavy atom. The lowest BCUT2D eigenvalue weighted by Crippen LogP contribution is -2.20. The summed E-state index contributed by atoms with van der Waals surface area (Å²) in [7, 11) is 1.57. The summed E-state index contributed by atoms with van der Waals surface area (Å²) in [5.41, 5.74) is 7.39. The highest BCUT2D eigenvalue weighted by Crippen LogP contribution is 2.28. The lowest BCUT2D eigenvalue weighted by Gasteiger charge is -2.15. The van der Waals surface area contributed by atoms with Gasteiger partial charge in [-0.25, -0.2) is 0 Å². The van der Waals surface area contributed by atoms with E-state index < -0.39 is 5.91 Å². The smallest absolute Gasteiger partial charge is 0.255 e. The zero-order chi connectivity index (χ0) is 16.7. The minimum absolute atomic E-state index is 0.168. The highest BCUT2D eigenvalue weighted by molar-refractivity contribution is 5.75. The van der Waals surface area contributed by atoms with Crippen molar-refractivity contribution >= 4 is 5.91 Å². The zero-order valence-electron chi connectivity index (χ0n) is 13.4. The molecule has 2 aromatic rings. The molecule has 0 spiro atoms. The average molecular weight is 314 g/mol. The topological polar surface area (TPSA) is 73.6 Å². The maximum Gasteiger partial charge on any atom is 0.255 e. The molecule has 0 bridgehead atoms. The van der Waals surface area contributed by atoms with E-state index in [-0.39, 0.29) is 12.6 Å². The monoisotopic (exact) mass is 314 g/mol. The van der Waals surface area contributed by atoms with Crippen LogP contribution in [0.5, 0.6) is 11.5 Å². The molecule has 0 aliphatic rings. The van der Waals surface area contributed by atoms with Gasteiger partial charge in [0.15, 0.2) is 18.1 Å². The van der Waals surface area contributed by atoms with Crippen molar-refractivity contribution in [2.75, 3.05) is 13.7 Å². The van der Waals surface area contributed by atoms with Gasteiger partial charge in [-0.1, -0.05) is 36.4 Å². The highest BCUT2D eigenvalue weighted by atomic mass is 16.5. The maximum absolute atomic E-state index is 10.8. The van der Waals surface area contributed by atoms with E-state index in [1.54, 1.807) is 13.2 Å². The Morgan fingerprint density at radius 3 is 2.57 bits per heavy atom. The SMILES string of the molecule is COc1cc(CN[C@H](C)c2ccccc2)ccc1OCC(N)=O. The van der Waals surface area contributed by atoms with Crippen LogP contribution in [0.4, 0.5) is 0 Å². The molecule has 23 heavy (non-hydrogen) atoms. The van der Waals surface area contributed by atoms with Crippen LogP contribution in [0.25, 0.3) is 0 Å². The number of hydrogen-bond acceptors (Lipinski definition) is 4. The number of carbonyl (C=O) groups excluding carboxylic acids is 1. The fourth-order valence-corrected chi connectivity index (χ4v) is 2.22. The Morgan fingerprint density at radius 2 is 1.91 bits per heavy atom. The van der Waals surface area contributed by atoms with Gasteiger partial charge in [-0.2, -0.15) is 0 Å². The Hall–Kier alpha value is -2.53. The van der Waals surface area contributed by atoms with E-state index in [1.165, 1.54) is 5.56 Å². The van der Waals surface area contributed by atoms with E-state index in [0.717, 1.165) is 5.56 Å². The molecule has 0 aliphatic heterocycles. The first kappa shape index (κ1) is 16.8. The van der Waals surface area contributed by atoms with Gasteiger partial charge < -0.3 is 20.5 Å². The molecule has 0 heterocycles. The van der Waals surface area contributed by atoms with Crippen molar-refractivity contribution in [1.82, 2.24) is 5.32 Å². The summed E-state index contributed by atoms with van der Waals surface area (Å²) in [4.78, 5) is 10.8. The van der Waals surface area contributed by atoms with Crippen molar-refractivity contribution in [3.8, 4) is 11.5 Å². The number of carbonyl (C=O) groups is 1. The van der Waals surface area contributed by atoms with Gasteiger partial charge in [0.2, 0.25) is 0 Å². The van der Waals surface area contributed by atoms with E-state index in [0.29, 0.717) is 18.0 Å². The molecule has 2 rings (SSSR count). The second-order valence-corrected chi connectivity index (χ2v) is 5.25. The van der Waals surface area contributed by atoms with E-state index >= 15 is 0 Å². The number of rotatable bonds is 8. The molecule has 0 unspecified atom stereocenters. The third kappa shape index (κ3) is 5.00. The number of primary amides is 1. The largest absolute Gasteiger partial charge is 0.493 e. The number of methoxy groups -OCH3 is 1. The number of nitrogens with one attached hydrogen (secondary N) is 1. The predicted octanol–water partition coefficient (Wildman–Crippen LogP) is 2.41. The minimum Gasteiger partial charge on any atom is -0.493 e. The van der Waals surface area contributed by atoms with Crippen LogP contribution < -0.4 is 20.5 Å². The Bertz CT molecular complexity index is 644. The molecule has 0 aliphatic carbocycles. The van der Waals surface area contributed by atoms with Crippen molar-refractivity contribution in [2.24, 2.45) is 5.73 Å². The van der Waals surface area contributed by atoms with Crippen molar-refractivity contribution in [3.63, 3.8) is 0 Å². The summed E-state index contributed by atoms with van der Waals surface area (Å²) in [5.74, 6) is 0.568. The molecule has 2 aromatic carbocycles. The third-order valence-electron chi connectivity index (χ3n) is 3.51. The fourth-order valence-electron chi connectivity index (χ4n) is 2.22. The summed E-state index contributed by atoms with van der Waals surface area (Å²) in [6.07, 6.45) is 0. The molecule has 0 aromatic heterocycles. The van der Waals surface area contributed by atoms with Crippen LogP contribution >= 0.6 is 0 Å². The summed E-state index contributed by atoms with van der Waals surface area (Å²) in [5, 5.41) is 3.47. The minimum atomic E-state index is -0.519. The maximum atomic E-state index is 10.8. The quantitative estimate of drug-likeness (QED) is 0.785. The van der Waals surface area contributed by atoms with Gasteiger partial charge in [-0.3, -0.25) is 4.79 Å². The number of amides is 1. The van der Waals surface area contributed by atoms with Crippen molar-refractivity contribution in [3.05, 3.63) is 59.7 Å². The summed E-state index contributed by atoms with van der Waals surface area (Å²) < 4.78 is 10.6. The van der Waals surface area contributed by atoms with Crippen LogP contribution in [0.15, 0.2) is 48.5 Å². The molecule has 1 amide bonds. The molecule has 1 atom stereocenters. The molecule has 0 fully saturated rings. The van der Waals surface area contributed by atoms with Crippen LogP contribution in [0.2, 0.25) is 0 Å². The second-order valence-electron chi connectivity index (χ2n) is 5.25. The third-order valence-corrected chi connectivity index (χ3v) is 3.51. The van der Waals surface area contributed by atoms with Crippen molar-refractivity contribution in [2.45, 2.75) is 19.5 Å². The number of ether oxygens (including phenoxy) is 2. The first-order chi connectivity index (χ1) is 11.1. The fraction of sp³-hybridized carbons (Fsp3) is 0.278. The summed E-state index contributed by atoms with van der Waals surface area (Å²) >= 11 is 0. The lowest BCUT2D eigenvalue weighted by atomic mass is 10.1. The summed E-state index contributed by atoms with van der Waals surface area (Å²) in [6, 6.07) is 16.1. The van der Waals surface area contributed by atoms with Crippen LogP contribution in [-0.2, 0) is 11.3 Å². The van der Waals surface area contributed by atoms with Gasteiger partial charge in [0.25, 0.3) is 5.91 Å². The second kappa shape index (κ2) is 8.19. The van der Waals surface area contributed by atoms with Crippen LogP contribution in [0.1, 0.15) is 24.1 Å². The molecule has 0 radical (unpaired) electrons. The van der Waals surface area contributed by atoms with Crippen LogP contribution in [-0.4, -0.2) is 19.6 Å². The van der Waals surface area contributed by atoms with Gasteiger partial charge >= 0.3 is 0 Å². The van der Waals surface area contributed by atoms with Gasteiger partial charge in [-0.05, 0) is 30.2 Å². The van der Waals surface area contributed by atoms with Gasteiger partial charge in [0, 0.05) is 12.6 Å². The van der Waals surface area contributed by atoms with E-state index in [9.17, 15) is 4.79 Å². The van der Waals surface area contributed by atoms with Crippen molar-refractivity contribution in [1.29, 1.82) is 0 Å². The number of benzene rings is 2. The first-order valence-electron chi connectivity index (χ1n) is 7.46. The normalized spacial score (nSPS) is 11.7. The molecule has 5 nitrogen and oxygen atoms in total. The van der Waals surface area contributed by atoms with Crippen molar-refractivity contribution < 1.29 is 14.3 Å². The van der Waals surface area contributed by atoms with Gasteiger partial charge in [-0.15, -0.1) is 0 Å². The standard InChI is InChI=1S/C18H22N2O3/c1-13(15-6-4-3-5-7-15)20-11-14-8-9-16(17(10-14)22-2)23-12-18(19)21/h3-10,13,20H,11-12H2,1-2H3,(H2,19,21)/t13-/m1/s1. The highest BCUT2D eigenvalue weighted by Gasteiger charge is 2.09. The molecule has 5 heteroatoms. The van der Waals surface area contributed by atoms with Gasteiger partial charge in [0.05, 0.1) is 7.11 Å². The zero-order valence-corrected chi connectivity index (χ0v) is 13.4. The van der Waals surface area contributed by atoms with Gasteiger partial charge in [0.1, 0.15) is 0 Å². The average Bonchev–Trinajstić information content (AvgIpc) is 2.58. The first-order valence-corrected chi connectivity index (χ1v) is 7.46. The number of hydrogen-bond donors (Lipinski definition) is 2. The number of nitrogens with two attached hydrogens (primary N) is 1.